The van der Waals surface area contributed by atoms with Crippen LogP contribution in [0.15, 0.2) is 29.2 Å². The van der Waals surface area contributed by atoms with Crippen LogP contribution in [0.5, 0.6) is 0 Å². The minimum atomic E-state index is 0.0203. The third kappa shape index (κ3) is 3.77. The van der Waals surface area contributed by atoms with Crippen LogP contribution >= 0.6 is 0 Å². The smallest absolute Gasteiger partial charge is 0.258 e. The number of rotatable bonds is 3. The Hall–Kier alpha value is -1.72. The van der Waals surface area contributed by atoms with Gasteiger partial charge in [-0.2, -0.15) is 0 Å². The normalized spacial score (nSPS) is 21.0. The number of likely N-dealkylation sites (tertiary alicyclic amines) is 2. The molecular weight excluding hydrogens is 312 g/mol. The molecule has 0 spiro atoms. The molecule has 0 radical (unpaired) electrons. The fourth-order valence-electron chi connectivity index (χ4n) is 4.29. The number of piperidine rings is 2. The van der Waals surface area contributed by atoms with Gasteiger partial charge in [0.25, 0.3) is 5.56 Å². The number of aryl methyl sites for hydroxylation is 1. The van der Waals surface area contributed by atoms with Gasteiger partial charge in [-0.3, -0.25) is 14.1 Å². The molecule has 4 heterocycles. The summed E-state index contributed by atoms with van der Waals surface area (Å²) in [5.74, 6) is 0. The Kier molecular flexibility index (Phi) is 4.86. The highest BCUT2D eigenvalue weighted by molar-refractivity contribution is 5.39. The summed E-state index contributed by atoms with van der Waals surface area (Å²) in [4.78, 5) is 22.2. The molecule has 2 aromatic heterocycles. The molecule has 2 aliphatic rings. The van der Waals surface area contributed by atoms with Crippen molar-refractivity contribution in [1.82, 2.24) is 19.2 Å². The van der Waals surface area contributed by atoms with Crippen molar-refractivity contribution in [3.8, 4) is 0 Å². The molecule has 25 heavy (non-hydrogen) atoms. The van der Waals surface area contributed by atoms with E-state index in [4.69, 9.17) is 4.98 Å². The van der Waals surface area contributed by atoms with Gasteiger partial charge in [0.05, 0.1) is 5.69 Å². The van der Waals surface area contributed by atoms with E-state index in [1.165, 1.54) is 45.2 Å². The largest absolute Gasteiger partial charge is 0.300 e. The lowest BCUT2D eigenvalue weighted by atomic mass is 10.00. The van der Waals surface area contributed by atoms with Crippen molar-refractivity contribution in [1.29, 1.82) is 0 Å². The van der Waals surface area contributed by atoms with E-state index in [-0.39, 0.29) is 5.56 Å². The van der Waals surface area contributed by atoms with Gasteiger partial charge in [-0.05, 0) is 57.3 Å². The molecule has 0 N–H and O–H groups in total. The van der Waals surface area contributed by atoms with Gasteiger partial charge in [0.1, 0.15) is 5.65 Å². The molecule has 0 saturated carbocycles. The predicted octanol–water partition coefficient (Wildman–Crippen LogP) is 2.45. The quantitative estimate of drug-likeness (QED) is 0.861. The molecule has 2 aliphatic heterocycles. The predicted molar refractivity (Wildman–Crippen MR) is 99.9 cm³/mol. The van der Waals surface area contributed by atoms with Gasteiger partial charge in [-0.15, -0.1) is 0 Å². The van der Waals surface area contributed by atoms with Crippen LogP contribution in [-0.4, -0.2) is 51.4 Å². The van der Waals surface area contributed by atoms with Crippen LogP contribution in [0.1, 0.15) is 43.4 Å². The zero-order valence-corrected chi connectivity index (χ0v) is 15.2. The van der Waals surface area contributed by atoms with Crippen LogP contribution < -0.4 is 5.56 Å². The summed E-state index contributed by atoms with van der Waals surface area (Å²) >= 11 is 0. The third-order valence-electron chi connectivity index (χ3n) is 5.71. The van der Waals surface area contributed by atoms with Crippen LogP contribution in [0.4, 0.5) is 0 Å². The maximum Gasteiger partial charge on any atom is 0.258 e. The van der Waals surface area contributed by atoms with Gasteiger partial charge in [0.2, 0.25) is 0 Å². The lowest BCUT2D eigenvalue weighted by Gasteiger charge is -2.40. The van der Waals surface area contributed by atoms with Gasteiger partial charge < -0.3 is 4.90 Å². The van der Waals surface area contributed by atoms with E-state index in [9.17, 15) is 4.79 Å². The van der Waals surface area contributed by atoms with E-state index in [1.54, 1.807) is 10.5 Å². The minimum Gasteiger partial charge on any atom is -0.300 e. The first-order valence-corrected chi connectivity index (χ1v) is 9.64. The SMILES string of the molecule is Cc1ccc2nc(CN3CCC(N4CCCCC4)CC3)cc(=O)n2c1. The molecule has 2 saturated heterocycles. The Morgan fingerprint density at radius 3 is 2.60 bits per heavy atom. The average Bonchev–Trinajstić information content (AvgIpc) is 2.64. The van der Waals surface area contributed by atoms with Gasteiger partial charge in [-0.25, -0.2) is 4.98 Å². The highest BCUT2D eigenvalue weighted by Gasteiger charge is 2.25. The summed E-state index contributed by atoms with van der Waals surface area (Å²) in [6, 6.07) is 6.40. The first-order chi connectivity index (χ1) is 12.2. The van der Waals surface area contributed by atoms with E-state index in [0.29, 0.717) is 0 Å². The number of pyridine rings is 1. The van der Waals surface area contributed by atoms with Crippen LogP contribution in [-0.2, 0) is 6.54 Å². The van der Waals surface area contributed by atoms with Crippen molar-refractivity contribution in [2.45, 2.75) is 51.6 Å². The van der Waals surface area contributed by atoms with Crippen LogP contribution in [0.3, 0.4) is 0 Å². The second-order valence-electron chi connectivity index (χ2n) is 7.62. The number of hydrogen-bond acceptors (Lipinski definition) is 4. The number of hydrogen-bond donors (Lipinski definition) is 0. The molecule has 0 atom stereocenters. The Bertz CT molecular complexity index is 786. The summed E-state index contributed by atoms with van der Waals surface area (Å²) < 4.78 is 1.64. The van der Waals surface area contributed by atoms with E-state index >= 15 is 0 Å². The zero-order chi connectivity index (χ0) is 17.2. The summed E-state index contributed by atoms with van der Waals surface area (Å²) in [5.41, 5.74) is 2.73. The van der Waals surface area contributed by atoms with Crippen molar-refractivity contribution in [2.75, 3.05) is 26.2 Å². The van der Waals surface area contributed by atoms with E-state index in [2.05, 4.69) is 9.80 Å². The first-order valence-electron chi connectivity index (χ1n) is 9.64. The van der Waals surface area contributed by atoms with Crippen molar-refractivity contribution in [3.05, 3.63) is 46.0 Å². The van der Waals surface area contributed by atoms with Crippen molar-refractivity contribution < 1.29 is 0 Å². The summed E-state index contributed by atoms with van der Waals surface area (Å²) in [6.45, 7) is 7.56. The van der Waals surface area contributed by atoms with Gasteiger partial charge in [0.15, 0.2) is 0 Å². The molecule has 2 fully saturated rings. The monoisotopic (exact) mass is 340 g/mol. The Labute approximate surface area is 149 Å². The van der Waals surface area contributed by atoms with Crippen molar-refractivity contribution >= 4 is 5.65 Å². The molecule has 5 heteroatoms. The second kappa shape index (κ2) is 7.26. The standard InChI is InChI=1S/C20H28N4O/c1-16-5-6-19-21-17(13-20(25)24(19)14-16)15-22-11-7-18(8-12-22)23-9-3-2-4-10-23/h5-6,13-14,18H,2-4,7-12,15H2,1H3. The fourth-order valence-corrected chi connectivity index (χ4v) is 4.29. The molecule has 4 rings (SSSR count). The summed E-state index contributed by atoms with van der Waals surface area (Å²) in [6.07, 6.45) is 8.48. The van der Waals surface area contributed by atoms with Crippen LogP contribution in [0.2, 0.25) is 0 Å². The van der Waals surface area contributed by atoms with E-state index in [1.807, 2.05) is 25.3 Å². The number of nitrogens with zero attached hydrogens (tertiary/aromatic N) is 4. The van der Waals surface area contributed by atoms with Crippen LogP contribution in [0, 0.1) is 6.92 Å². The third-order valence-corrected chi connectivity index (χ3v) is 5.71. The molecule has 2 aromatic rings. The summed E-state index contributed by atoms with van der Waals surface area (Å²) in [5, 5.41) is 0. The lowest BCUT2D eigenvalue weighted by molar-refractivity contribution is 0.0891. The molecule has 134 valence electrons. The highest BCUT2D eigenvalue weighted by Crippen LogP contribution is 2.21. The Morgan fingerprint density at radius 2 is 1.84 bits per heavy atom. The summed E-state index contributed by atoms with van der Waals surface area (Å²) in [7, 11) is 0. The minimum absolute atomic E-state index is 0.0203. The lowest BCUT2D eigenvalue weighted by Crippen LogP contribution is -2.46. The highest BCUT2D eigenvalue weighted by atomic mass is 16.1. The van der Waals surface area contributed by atoms with Gasteiger partial charge >= 0.3 is 0 Å². The second-order valence-corrected chi connectivity index (χ2v) is 7.62. The van der Waals surface area contributed by atoms with E-state index in [0.717, 1.165) is 42.6 Å². The average molecular weight is 340 g/mol. The van der Waals surface area contributed by atoms with Gasteiger partial charge in [-0.1, -0.05) is 12.5 Å². The van der Waals surface area contributed by atoms with Crippen molar-refractivity contribution in [2.24, 2.45) is 0 Å². The molecule has 0 amide bonds. The number of fused-ring (bicyclic) bond motifs is 1. The topological polar surface area (TPSA) is 40.9 Å². The maximum absolute atomic E-state index is 12.3. The molecule has 5 nitrogen and oxygen atoms in total. The van der Waals surface area contributed by atoms with Crippen LogP contribution in [0.25, 0.3) is 5.65 Å². The zero-order valence-electron chi connectivity index (χ0n) is 15.2. The van der Waals surface area contributed by atoms with Gasteiger partial charge in [0, 0.05) is 37.9 Å². The molecular formula is C20H28N4O. The molecule has 0 aromatic carbocycles. The fraction of sp³-hybridized carbons (Fsp3) is 0.600. The first kappa shape index (κ1) is 16.7. The molecule has 0 bridgehead atoms. The molecule has 0 aliphatic carbocycles. The number of aromatic nitrogens is 2. The maximum atomic E-state index is 12.3. The Balaban J connectivity index is 1.40. The van der Waals surface area contributed by atoms with Crippen molar-refractivity contribution in [3.63, 3.8) is 0 Å². The Morgan fingerprint density at radius 1 is 1.08 bits per heavy atom. The molecule has 0 unspecified atom stereocenters. The van der Waals surface area contributed by atoms with E-state index < -0.39 is 0 Å².